The van der Waals surface area contributed by atoms with Crippen molar-refractivity contribution in [1.82, 2.24) is 20.2 Å². The van der Waals surface area contributed by atoms with Gasteiger partial charge in [-0.25, -0.2) is 4.39 Å². The van der Waals surface area contributed by atoms with E-state index in [-0.39, 0.29) is 17.6 Å². The number of fused-ring (bicyclic) bond motifs is 1. The minimum absolute atomic E-state index is 0.175. The Kier molecular flexibility index (Phi) is 5.95. The lowest BCUT2D eigenvalue weighted by molar-refractivity contribution is -0.131. The lowest BCUT2D eigenvalue weighted by atomic mass is 9.87. The molecule has 5 nitrogen and oxygen atoms in total. The van der Waals surface area contributed by atoms with Gasteiger partial charge in [0.1, 0.15) is 0 Å². The number of halogens is 1. The molecule has 0 atom stereocenters. The van der Waals surface area contributed by atoms with Crippen molar-refractivity contribution < 1.29 is 9.18 Å². The number of aromatic nitrogens is 2. The van der Waals surface area contributed by atoms with E-state index in [2.05, 4.69) is 47.3 Å². The third kappa shape index (κ3) is 4.29. The van der Waals surface area contributed by atoms with Crippen LogP contribution in [0.4, 0.5) is 4.39 Å². The molecule has 6 heteroatoms. The normalized spacial score (nSPS) is 17.3. The fraction of sp³-hybridized carbons (Fsp3) is 0.481. The topological polar surface area (TPSA) is 61.0 Å². The Hall–Kier alpha value is -2.73. The van der Waals surface area contributed by atoms with Crippen molar-refractivity contribution >= 4 is 16.8 Å². The maximum atomic E-state index is 14.9. The number of hydrogen-bond donors (Lipinski definition) is 2. The van der Waals surface area contributed by atoms with Gasteiger partial charge < -0.3 is 15.2 Å². The summed E-state index contributed by atoms with van der Waals surface area (Å²) in [5.41, 5.74) is 6.03. The lowest BCUT2D eigenvalue weighted by Crippen LogP contribution is -2.41. The van der Waals surface area contributed by atoms with Gasteiger partial charge in [-0.1, -0.05) is 19.9 Å². The number of nitrogens with zero attached hydrogens (tertiary/aromatic N) is 2. The van der Waals surface area contributed by atoms with Crippen LogP contribution >= 0.6 is 0 Å². The van der Waals surface area contributed by atoms with Crippen LogP contribution in [0.2, 0.25) is 0 Å². The van der Waals surface area contributed by atoms with Gasteiger partial charge in [0.2, 0.25) is 5.91 Å². The van der Waals surface area contributed by atoms with Crippen LogP contribution in [-0.2, 0) is 4.79 Å². The average molecular weight is 449 g/mol. The fourth-order valence-electron chi connectivity index (χ4n) is 5.27. The van der Waals surface area contributed by atoms with Gasteiger partial charge in [0.05, 0.1) is 18.4 Å². The monoisotopic (exact) mass is 448 g/mol. The quantitative estimate of drug-likeness (QED) is 0.538. The first-order valence-electron chi connectivity index (χ1n) is 12.2. The molecule has 1 aliphatic heterocycles. The highest BCUT2D eigenvalue weighted by Crippen LogP contribution is 2.43. The Morgan fingerprint density at radius 2 is 1.94 bits per heavy atom. The number of likely N-dealkylation sites (tertiary alicyclic amines) is 1. The largest absolute Gasteiger partial charge is 0.354 e. The van der Waals surface area contributed by atoms with Gasteiger partial charge in [-0.2, -0.15) is 0 Å². The van der Waals surface area contributed by atoms with E-state index in [4.69, 9.17) is 0 Å². The maximum Gasteiger partial charge on any atom is 0.236 e. The van der Waals surface area contributed by atoms with Crippen LogP contribution in [0.3, 0.4) is 0 Å². The number of piperidine rings is 1. The molecule has 2 fully saturated rings. The second-order valence-corrected chi connectivity index (χ2v) is 9.92. The molecule has 33 heavy (non-hydrogen) atoms. The highest BCUT2D eigenvalue weighted by molar-refractivity contribution is 5.92. The Labute approximate surface area is 194 Å². The van der Waals surface area contributed by atoms with Crippen molar-refractivity contribution in [3.8, 4) is 11.3 Å². The second kappa shape index (κ2) is 8.90. The van der Waals surface area contributed by atoms with E-state index in [0.717, 1.165) is 55.7 Å². The molecule has 1 saturated heterocycles. The number of pyridine rings is 1. The summed E-state index contributed by atoms with van der Waals surface area (Å²) in [5, 5.41) is 4.13. The zero-order valence-electron chi connectivity index (χ0n) is 19.7. The van der Waals surface area contributed by atoms with Crippen LogP contribution in [0, 0.1) is 5.82 Å². The zero-order chi connectivity index (χ0) is 23.1. The van der Waals surface area contributed by atoms with Crippen LogP contribution in [0.5, 0.6) is 0 Å². The number of nitrogens with one attached hydrogen (secondary N) is 2. The van der Waals surface area contributed by atoms with Crippen LogP contribution in [0.15, 0.2) is 30.5 Å². The summed E-state index contributed by atoms with van der Waals surface area (Å²) in [6.07, 6.45) is 5.61. The standard InChI is InChI=1S/C27H33FN4O/c1-16(2)26-21-12-19(17-8-10-32(11-9-17)25(33)15-29-3)6-7-23(21)31-27(26)20-13-24(18-4-5-18)30-14-22(20)28/h6-7,12-14,16-18,29,31H,4-5,8-11,15H2,1-3H3. The molecule has 5 rings (SSSR count). The highest BCUT2D eigenvalue weighted by atomic mass is 19.1. The van der Waals surface area contributed by atoms with Gasteiger partial charge >= 0.3 is 0 Å². The number of H-pyrrole nitrogens is 1. The predicted molar refractivity (Wildman–Crippen MR) is 130 cm³/mol. The zero-order valence-corrected chi connectivity index (χ0v) is 19.7. The summed E-state index contributed by atoms with van der Waals surface area (Å²) >= 11 is 0. The minimum atomic E-state index is -0.272. The molecular weight excluding hydrogens is 415 g/mol. The molecule has 3 aromatic rings. The second-order valence-electron chi connectivity index (χ2n) is 9.92. The Morgan fingerprint density at radius 1 is 1.18 bits per heavy atom. The van der Waals surface area contributed by atoms with E-state index in [1.165, 1.54) is 22.7 Å². The third-order valence-corrected chi connectivity index (χ3v) is 7.23. The number of carbonyl (C=O) groups is 1. The summed E-state index contributed by atoms with van der Waals surface area (Å²) in [5.74, 6) is 1.07. The summed E-state index contributed by atoms with van der Waals surface area (Å²) in [7, 11) is 1.81. The van der Waals surface area contributed by atoms with Crippen molar-refractivity contribution in [2.45, 2.75) is 57.3 Å². The molecule has 0 radical (unpaired) electrons. The third-order valence-electron chi connectivity index (χ3n) is 7.23. The van der Waals surface area contributed by atoms with Gasteiger partial charge in [0.25, 0.3) is 0 Å². The summed E-state index contributed by atoms with van der Waals surface area (Å²) < 4.78 is 14.9. The summed E-state index contributed by atoms with van der Waals surface area (Å²) in [6.45, 7) is 6.33. The van der Waals surface area contributed by atoms with Crippen LogP contribution in [0.1, 0.15) is 74.1 Å². The maximum absolute atomic E-state index is 14.9. The van der Waals surface area contributed by atoms with E-state index in [0.29, 0.717) is 23.9 Å². The molecule has 1 amide bonds. The van der Waals surface area contributed by atoms with E-state index in [1.54, 1.807) is 0 Å². The first kappa shape index (κ1) is 22.1. The molecule has 1 aromatic carbocycles. The molecule has 0 bridgehead atoms. The Bertz CT molecular complexity index is 1170. The van der Waals surface area contributed by atoms with Gasteiger partial charge in [-0.3, -0.25) is 9.78 Å². The summed E-state index contributed by atoms with van der Waals surface area (Å²) in [6, 6.07) is 8.57. The smallest absolute Gasteiger partial charge is 0.236 e. The number of carbonyl (C=O) groups excluding carboxylic acids is 1. The van der Waals surface area contributed by atoms with E-state index in [1.807, 2.05) is 18.0 Å². The molecule has 1 saturated carbocycles. The molecule has 174 valence electrons. The molecule has 0 unspecified atom stereocenters. The van der Waals surface area contributed by atoms with Crippen molar-refractivity contribution in [2.75, 3.05) is 26.7 Å². The fourth-order valence-corrected chi connectivity index (χ4v) is 5.27. The predicted octanol–water partition coefficient (Wildman–Crippen LogP) is 5.30. The molecule has 1 aliphatic carbocycles. The Balaban J connectivity index is 1.48. The van der Waals surface area contributed by atoms with Crippen molar-refractivity contribution in [2.24, 2.45) is 0 Å². The van der Waals surface area contributed by atoms with Crippen molar-refractivity contribution in [1.29, 1.82) is 0 Å². The number of hydrogen-bond acceptors (Lipinski definition) is 3. The molecule has 2 aromatic heterocycles. The lowest BCUT2D eigenvalue weighted by Gasteiger charge is -2.32. The van der Waals surface area contributed by atoms with Gasteiger partial charge in [0, 0.05) is 41.2 Å². The van der Waals surface area contributed by atoms with E-state index < -0.39 is 0 Å². The first-order chi connectivity index (χ1) is 16.0. The highest BCUT2D eigenvalue weighted by Gasteiger charge is 2.28. The first-order valence-corrected chi connectivity index (χ1v) is 12.2. The number of rotatable bonds is 6. The number of likely N-dealkylation sites (N-methyl/N-ethyl adjacent to an activating group) is 1. The van der Waals surface area contributed by atoms with Gasteiger partial charge in [-0.15, -0.1) is 0 Å². The number of amides is 1. The minimum Gasteiger partial charge on any atom is -0.354 e. The number of benzene rings is 1. The van der Waals surface area contributed by atoms with Gasteiger partial charge in [-0.05, 0) is 73.9 Å². The van der Waals surface area contributed by atoms with Crippen LogP contribution in [0.25, 0.3) is 22.2 Å². The van der Waals surface area contributed by atoms with Gasteiger partial charge in [0.15, 0.2) is 5.82 Å². The molecular formula is C27H33FN4O. The molecule has 0 spiro atoms. The molecule has 2 N–H and O–H groups in total. The van der Waals surface area contributed by atoms with E-state index >= 15 is 0 Å². The van der Waals surface area contributed by atoms with Crippen molar-refractivity contribution in [3.05, 3.63) is 53.1 Å². The van der Waals surface area contributed by atoms with E-state index in [9.17, 15) is 9.18 Å². The Morgan fingerprint density at radius 3 is 2.61 bits per heavy atom. The summed E-state index contributed by atoms with van der Waals surface area (Å²) in [4.78, 5) is 22.0. The SMILES string of the molecule is CNCC(=O)N1CCC(c2ccc3[nH]c(-c4cc(C5CC5)ncc4F)c(C(C)C)c3c2)CC1. The number of aromatic amines is 1. The molecule has 3 heterocycles. The average Bonchev–Trinajstić information content (AvgIpc) is 3.59. The van der Waals surface area contributed by atoms with Crippen molar-refractivity contribution in [3.63, 3.8) is 0 Å². The van der Waals surface area contributed by atoms with Crippen LogP contribution in [-0.4, -0.2) is 47.5 Å². The van der Waals surface area contributed by atoms with Crippen LogP contribution < -0.4 is 5.32 Å². The molecule has 2 aliphatic rings.